The fourth-order valence-corrected chi connectivity index (χ4v) is 3.23. The van der Waals surface area contributed by atoms with Crippen molar-refractivity contribution in [3.63, 3.8) is 0 Å². The van der Waals surface area contributed by atoms with Gasteiger partial charge in [0.1, 0.15) is 5.82 Å². The summed E-state index contributed by atoms with van der Waals surface area (Å²) in [6.45, 7) is 0.707. The molecule has 0 aliphatic carbocycles. The second-order valence-corrected chi connectivity index (χ2v) is 6.65. The average molecular weight is 359 g/mol. The van der Waals surface area contributed by atoms with E-state index in [1.54, 1.807) is 17.8 Å². The molecule has 0 spiro atoms. The first-order chi connectivity index (χ1) is 11.7. The summed E-state index contributed by atoms with van der Waals surface area (Å²) in [5.74, 6) is -0.230. The van der Waals surface area contributed by atoms with Crippen LogP contribution in [0.2, 0.25) is 0 Å². The fourth-order valence-electron chi connectivity index (χ4n) is 2.55. The number of H-pyrrole nitrogens is 1. The molecule has 0 aliphatic rings. The molecule has 0 radical (unpaired) electrons. The van der Waals surface area contributed by atoms with Crippen LogP contribution in [0.4, 0.5) is 10.1 Å². The zero-order valence-corrected chi connectivity index (χ0v) is 14.9. The maximum Gasteiger partial charge on any atom is 0.170 e. The van der Waals surface area contributed by atoms with Gasteiger partial charge in [-0.05, 0) is 66.9 Å². The molecule has 6 heteroatoms. The van der Waals surface area contributed by atoms with Gasteiger partial charge in [-0.15, -0.1) is 11.8 Å². The Morgan fingerprint density at radius 1 is 1.25 bits per heavy atom. The van der Waals surface area contributed by atoms with Gasteiger partial charge in [-0.2, -0.15) is 0 Å². The van der Waals surface area contributed by atoms with E-state index in [-0.39, 0.29) is 5.82 Å². The van der Waals surface area contributed by atoms with Crippen LogP contribution in [0.25, 0.3) is 10.9 Å². The van der Waals surface area contributed by atoms with Crippen molar-refractivity contribution in [3.8, 4) is 0 Å². The Hall–Kier alpha value is -2.05. The predicted octanol–water partition coefficient (Wildman–Crippen LogP) is 4.56. The Labute approximate surface area is 150 Å². The molecule has 3 rings (SSSR count). The molecule has 24 heavy (non-hydrogen) atoms. The van der Waals surface area contributed by atoms with E-state index < -0.39 is 0 Å². The minimum absolute atomic E-state index is 0.230. The molecule has 0 saturated carbocycles. The van der Waals surface area contributed by atoms with Crippen LogP contribution in [-0.4, -0.2) is 22.9 Å². The summed E-state index contributed by atoms with van der Waals surface area (Å²) in [6.07, 6.45) is 4.77. The van der Waals surface area contributed by atoms with Crippen LogP contribution in [0.3, 0.4) is 0 Å². The zero-order chi connectivity index (χ0) is 16.9. The molecule has 0 atom stereocenters. The van der Waals surface area contributed by atoms with Crippen LogP contribution in [0.15, 0.2) is 53.6 Å². The summed E-state index contributed by atoms with van der Waals surface area (Å²) in [4.78, 5) is 4.29. The summed E-state index contributed by atoms with van der Waals surface area (Å²) in [5, 5.41) is 8.04. The van der Waals surface area contributed by atoms with Crippen molar-refractivity contribution < 1.29 is 4.39 Å². The average Bonchev–Trinajstić information content (AvgIpc) is 2.97. The number of hydrogen-bond acceptors (Lipinski definition) is 2. The predicted molar refractivity (Wildman–Crippen MR) is 104 cm³/mol. The molecular weight excluding hydrogens is 341 g/mol. The van der Waals surface area contributed by atoms with E-state index in [0.29, 0.717) is 11.7 Å². The van der Waals surface area contributed by atoms with Gasteiger partial charge in [-0.3, -0.25) is 0 Å². The number of aromatic nitrogens is 1. The number of anilines is 1. The molecule has 0 aliphatic heterocycles. The van der Waals surface area contributed by atoms with Crippen molar-refractivity contribution in [2.24, 2.45) is 0 Å². The monoisotopic (exact) mass is 359 g/mol. The van der Waals surface area contributed by atoms with Gasteiger partial charge in [0.15, 0.2) is 5.11 Å². The Kier molecular flexibility index (Phi) is 5.37. The van der Waals surface area contributed by atoms with Crippen molar-refractivity contribution in [1.82, 2.24) is 10.3 Å². The van der Waals surface area contributed by atoms with Crippen molar-refractivity contribution in [3.05, 3.63) is 60.0 Å². The minimum atomic E-state index is -0.230. The second kappa shape index (κ2) is 7.68. The van der Waals surface area contributed by atoms with Crippen molar-refractivity contribution in [1.29, 1.82) is 0 Å². The molecule has 1 aromatic heterocycles. The van der Waals surface area contributed by atoms with E-state index in [1.807, 2.05) is 24.6 Å². The fraction of sp³-hybridized carbons (Fsp3) is 0.167. The SMILES string of the molecule is CSc1cccc(NC(=S)NCCc2c[nH]c3cc(F)ccc23)c1. The molecule has 0 fully saturated rings. The van der Waals surface area contributed by atoms with Crippen LogP contribution in [-0.2, 0) is 6.42 Å². The normalized spacial score (nSPS) is 10.8. The molecule has 1 heterocycles. The van der Waals surface area contributed by atoms with Gasteiger partial charge in [0.25, 0.3) is 0 Å². The Morgan fingerprint density at radius 3 is 2.96 bits per heavy atom. The van der Waals surface area contributed by atoms with Crippen LogP contribution < -0.4 is 10.6 Å². The van der Waals surface area contributed by atoms with Crippen LogP contribution in [0, 0.1) is 5.82 Å². The first-order valence-electron chi connectivity index (χ1n) is 7.60. The quantitative estimate of drug-likeness (QED) is 0.461. The number of aromatic amines is 1. The number of fused-ring (bicyclic) bond motifs is 1. The second-order valence-electron chi connectivity index (χ2n) is 5.37. The summed E-state index contributed by atoms with van der Waals surface area (Å²) in [7, 11) is 0. The molecule has 0 saturated heterocycles. The summed E-state index contributed by atoms with van der Waals surface area (Å²) < 4.78 is 13.2. The molecule has 3 aromatic rings. The van der Waals surface area contributed by atoms with E-state index in [1.165, 1.54) is 17.0 Å². The smallest absolute Gasteiger partial charge is 0.170 e. The highest BCUT2D eigenvalue weighted by Crippen LogP contribution is 2.20. The van der Waals surface area contributed by atoms with E-state index >= 15 is 0 Å². The Balaban J connectivity index is 1.54. The summed E-state index contributed by atoms with van der Waals surface area (Å²) in [5.41, 5.74) is 2.94. The highest BCUT2D eigenvalue weighted by atomic mass is 32.2. The van der Waals surface area contributed by atoms with E-state index in [9.17, 15) is 4.39 Å². The molecule has 0 unspecified atom stereocenters. The van der Waals surface area contributed by atoms with Gasteiger partial charge in [0, 0.05) is 34.2 Å². The topological polar surface area (TPSA) is 39.8 Å². The van der Waals surface area contributed by atoms with Crippen LogP contribution >= 0.6 is 24.0 Å². The van der Waals surface area contributed by atoms with Crippen molar-refractivity contribution in [2.45, 2.75) is 11.3 Å². The molecule has 0 amide bonds. The molecule has 124 valence electrons. The van der Waals surface area contributed by atoms with Gasteiger partial charge in [-0.25, -0.2) is 4.39 Å². The van der Waals surface area contributed by atoms with Crippen molar-refractivity contribution >= 4 is 45.7 Å². The van der Waals surface area contributed by atoms with E-state index in [4.69, 9.17) is 12.2 Å². The van der Waals surface area contributed by atoms with Gasteiger partial charge in [0.05, 0.1) is 0 Å². The molecule has 3 nitrogen and oxygen atoms in total. The third-order valence-corrected chi connectivity index (χ3v) is 4.71. The number of thiocarbonyl (C=S) groups is 1. The standard InChI is InChI=1S/C18H18FN3S2/c1-24-15-4-2-3-14(10-15)22-18(23)20-8-7-12-11-21-17-9-13(19)5-6-16(12)17/h2-6,9-11,21H,7-8H2,1H3,(H2,20,22,23). The summed E-state index contributed by atoms with van der Waals surface area (Å²) in [6, 6.07) is 12.9. The lowest BCUT2D eigenvalue weighted by atomic mass is 10.1. The number of nitrogens with one attached hydrogen (secondary N) is 3. The first-order valence-corrected chi connectivity index (χ1v) is 9.23. The highest BCUT2D eigenvalue weighted by molar-refractivity contribution is 7.98. The lowest BCUT2D eigenvalue weighted by Gasteiger charge is -2.11. The number of benzene rings is 2. The number of rotatable bonds is 5. The van der Waals surface area contributed by atoms with Gasteiger partial charge in [0.2, 0.25) is 0 Å². The first kappa shape index (κ1) is 16.8. The van der Waals surface area contributed by atoms with E-state index in [2.05, 4.69) is 27.8 Å². The highest BCUT2D eigenvalue weighted by Gasteiger charge is 2.05. The summed E-state index contributed by atoms with van der Waals surface area (Å²) >= 11 is 7.03. The van der Waals surface area contributed by atoms with Crippen LogP contribution in [0.1, 0.15) is 5.56 Å². The lowest BCUT2D eigenvalue weighted by Crippen LogP contribution is -2.30. The largest absolute Gasteiger partial charge is 0.362 e. The van der Waals surface area contributed by atoms with Gasteiger partial charge < -0.3 is 15.6 Å². The molecular formula is C18H18FN3S2. The number of hydrogen-bond donors (Lipinski definition) is 3. The van der Waals surface area contributed by atoms with Crippen LogP contribution in [0.5, 0.6) is 0 Å². The molecule has 0 bridgehead atoms. The molecule has 2 aromatic carbocycles. The minimum Gasteiger partial charge on any atom is -0.362 e. The molecule has 3 N–H and O–H groups in total. The lowest BCUT2D eigenvalue weighted by molar-refractivity contribution is 0.629. The Morgan fingerprint density at radius 2 is 2.12 bits per heavy atom. The third kappa shape index (κ3) is 4.07. The Bertz CT molecular complexity index is 860. The number of thioether (sulfide) groups is 1. The maximum atomic E-state index is 13.2. The van der Waals surface area contributed by atoms with Crippen molar-refractivity contribution in [2.75, 3.05) is 18.1 Å². The maximum absolute atomic E-state index is 13.2. The number of halogens is 1. The third-order valence-electron chi connectivity index (χ3n) is 3.74. The zero-order valence-electron chi connectivity index (χ0n) is 13.2. The van der Waals surface area contributed by atoms with Gasteiger partial charge in [-0.1, -0.05) is 6.07 Å². The van der Waals surface area contributed by atoms with E-state index in [0.717, 1.165) is 28.6 Å². The van der Waals surface area contributed by atoms with Gasteiger partial charge >= 0.3 is 0 Å².